The molecular weight excluding hydrogens is 190 g/mol. The Morgan fingerprint density at radius 3 is 2.87 bits per heavy atom. The maximum Gasteiger partial charge on any atom is 0.136 e. The van der Waals surface area contributed by atoms with Crippen LogP contribution < -0.4 is 5.73 Å². The van der Waals surface area contributed by atoms with E-state index in [1.807, 2.05) is 0 Å². The Hall–Kier alpha value is -1.16. The molecule has 1 aliphatic heterocycles. The lowest BCUT2D eigenvalue weighted by atomic mass is 10.1. The van der Waals surface area contributed by atoms with Crippen molar-refractivity contribution in [3.05, 3.63) is 17.1 Å². The fourth-order valence-electron chi connectivity index (χ4n) is 1.94. The Balaban J connectivity index is 2.08. The van der Waals surface area contributed by atoms with Crippen molar-refractivity contribution >= 4 is 5.82 Å². The van der Waals surface area contributed by atoms with Crippen LogP contribution in [-0.2, 0) is 23.2 Å². The van der Waals surface area contributed by atoms with Crippen LogP contribution in [-0.4, -0.2) is 16.6 Å². The molecule has 0 saturated heterocycles. The Morgan fingerprint density at radius 1 is 1.33 bits per heavy atom. The van der Waals surface area contributed by atoms with Gasteiger partial charge < -0.3 is 10.5 Å². The Morgan fingerprint density at radius 2 is 2.13 bits per heavy atom. The zero-order valence-corrected chi connectivity index (χ0v) is 8.92. The minimum absolute atomic E-state index is 0.196. The van der Waals surface area contributed by atoms with E-state index in [-0.39, 0.29) is 5.41 Å². The van der Waals surface area contributed by atoms with Gasteiger partial charge in [0.25, 0.3) is 0 Å². The second-order valence-electron chi connectivity index (χ2n) is 4.72. The molecule has 2 N–H and O–H groups in total. The summed E-state index contributed by atoms with van der Waals surface area (Å²) in [4.78, 5) is 9.04. The Bertz CT molecular complexity index is 413. The Labute approximate surface area is 88.9 Å². The molecule has 3 rings (SSSR count). The highest BCUT2D eigenvalue weighted by molar-refractivity contribution is 5.44. The van der Waals surface area contributed by atoms with Crippen molar-refractivity contribution in [3.8, 4) is 0 Å². The molecule has 1 aromatic rings. The fraction of sp³-hybridized carbons (Fsp3) is 0.636. The summed E-state index contributed by atoms with van der Waals surface area (Å²) >= 11 is 0. The molecule has 1 saturated carbocycles. The van der Waals surface area contributed by atoms with Gasteiger partial charge in [-0.05, 0) is 12.8 Å². The van der Waals surface area contributed by atoms with Crippen molar-refractivity contribution in [2.75, 3.05) is 12.3 Å². The Kier molecular flexibility index (Phi) is 1.77. The van der Waals surface area contributed by atoms with Gasteiger partial charge in [-0.25, -0.2) is 9.97 Å². The highest BCUT2D eigenvalue weighted by Gasteiger charge is 2.42. The normalized spacial score (nSPS) is 22.2. The molecule has 1 aliphatic carbocycles. The van der Waals surface area contributed by atoms with Crippen LogP contribution in [0, 0.1) is 0 Å². The van der Waals surface area contributed by atoms with E-state index >= 15 is 0 Å². The van der Waals surface area contributed by atoms with Crippen molar-refractivity contribution in [1.82, 2.24) is 9.97 Å². The van der Waals surface area contributed by atoms with Gasteiger partial charge in [0.1, 0.15) is 11.6 Å². The van der Waals surface area contributed by atoms with E-state index in [9.17, 15) is 0 Å². The summed E-state index contributed by atoms with van der Waals surface area (Å²) in [6.07, 6.45) is 3.23. The van der Waals surface area contributed by atoms with Crippen LogP contribution in [0.5, 0.6) is 0 Å². The van der Waals surface area contributed by atoms with E-state index in [1.54, 1.807) is 0 Å². The first-order chi connectivity index (χ1) is 7.19. The fourth-order valence-corrected chi connectivity index (χ4v) is 1.94. The van der Waals surface area contributed by atoms with Crippen LogP contribution in [0.15, 0.2) is 0 Å². The number of ether oxygens (including phenoxy) is 1. The molecule has 4 nitrogen and oxygen atoms in total. The molecule has 2 aliphatic rings. The number of anilines is 1. The van der Waals surface area contributed by atoms with Gasteiger partial charge in [0, 0.05) is 17.4 Å². The molecule has 0 aromatic carbocycles. The van der Waals surface area contributed by atoms with Gasteiger partial charge >= 0.3 is 0 Å². The second kappa shape index (κ2) is 2.92. The number of hydrogen-bond acceptors (Lipinski definition) is 4. The SMILES string of the molecule is CC1(c2nc(N)c3c(n2)CCOC3)CC1. The molecule has 0 radical (unpaired) electrons. The highest BCUT2D eigenvalue weighted by atomic mass is 16.5. The van der Waals surface area contributed by atoms with Crippen molar-refractivity contribution in [3.63, 3.8) is 0 Å². The standard InChI is InChI=1S/C11H15N3O/c1-11(3-4-11)10-13-8-2-5-15-6-7(8)9(12)14-10/h2-6H2,1H3,(H2,12,13,14). The number of nitrogens with two attached hydrogens (primary N) is 1. The van der Waals surface area contributed by atoms with E-state index < -0.39 is 0 Å². The van der Waals surface area contributed by atoms with Crippen molar-refractivity contribution in [1.29, 1.82) is 0 Å². The summed E-state index contributed by atoms with van der Waals surface area (Å²) in [5.41, 5.74) is 8.22. The van der Waals surface area contributed by atoms with Crippen LogP contribution in [0.3, 0.4) is 0 Å². The van der Waals surface area contributed by atoms with Crippen molar-refractivity contribution < 1.29 is 4.74 Å². The zero-order valence-electron chi connectivity index (χ0n) is 8.92. The molecular formula is C11H15N3O. The highest BCUT2D eigenvalue weighted by Crippen LogP contribution is 2.46. The number of aromatic nitrogens is 2. The smallest absolute Gasteiger partial charge is 0.136 e. The number of fused-ring (bicyclic) bond motifs is 1. The van der Waals surface area contributed by atoms with Gasteiger partial charge in [0.05, 0.1) is 18.9 Å². The minimum Gasteiger partial charge on any atom is -0.383 e. The average molecular weight is 205 g/mol. The molecule has 0 amide bonds. The summed E-state index contributed by atoms with van der Waals surface area (Å²) < 4.78 is 5.36. The number of nitrogen functional groups attached to an aromatic ring is 1. The molecule has 15 heavy (non-hydrogen) atoms. The summed E-state index contributed by atoms with van der Waals surface area (Å²) in [5.74, 6) is 1.54. The molecule has 0 atom stereocenters. The van der Waals surface area contributed by atoms with Crippen LogP contribution in [0.4, 0.5) is 5.82 Å². The van der Waals surface area contributed by atoms with E-state index in [0.717, 1.165) is 30.1 Å². The maximum absolute atomic E-state index is 5.94. The molecule has 0 spiro atoms. The first kappa shape index (κ1) is 9.09. The monoisotopic (exact) mass is 205 g/mol. The van der Waals surface area contributed by atoms with Gasteiger partial charge in [0.15, 0.2) is 0 Å². The van der Waals surface area contributed by atoms with Gasteiger partial charge in [-0.3, -0.25) is 0 Å². The van der Waals surface area contributed by atoms with Crippen molar-refractivity contribution in [2.24, 2.45) is 0 Å². The molecule has 80 valence electrons. The predicted octanol–water partition coefficient (Wildman–Crippen LogP) is 1.18. The van der Waals surface area contributed by atoms with E-state index in [0.29, 0.717) is 12.4 Å². The van der Waals surface area contributed by atoms with Gasteiger partial charge in [-0.1, -0.05) is 6.92 Å². The third kappa shape index (κ3) is 1.40. The summed E-state index contributed by atoms with van der Waals surface area (Å²) in [5, 5.41) is 0. The average Bonchev–Trinajstić information content (AvgIpc) is 2.98. The summed E-state index contributed by atoms with van der Waals surface area (Å²) in [6, 6.07) is 0. The topological polar surface area (TPSA) is 61.0 Å². The second-order valence-corrected chi connectivity index (χ2v) is 4.72. The summed E-state index contributed by atoms with van der Waals surface area (Å²) in [7, 11) is 0. The van der Waals surface area contributed by atoms with Gasteiger partial charge in [-0.15, -0.1) is 0 Å². The maximum atomic E-state index is 5.94. The van der Waals surface area contributed by atoms with E-state index in [1.165, 1.54) is 12.8 Å². The third-order valence-electron chi connectivity index (χ3n) is 3.39. The van der Waals surface area contributed by atoms with E-state index in [4.69, 9.17) is 10.5 Å². The molecule has 2 heterocycles. The van der Waals surface area contributed by atoms with Crippen LogP contribution >= 0.6 is 0 Å². The lowest BCUT2D eigenvalue weighted by Gasteiger charge is -2.19. The molecule has 1 fully saturated rings. The molecule has 0 unspecified atom stereocenters. The first-order valence-electron chi connectivity index (χ1n) is 5.42. The number of nitrogens with zero attached hydrogens (tertiary/aromatic N) is 2. The summed E-state index contributed by atoms with van der Waals surface area (Å²) in [6.45, 7) is 3.52. The largest absolute Gasteiger partial charge is 0.383 e. The van der Waals surface area contributed by atoms with Crippen LogP contribution in [0.1, 0.15) is 36.8 Å². The minimum atomic E-state index is 0.196. The number of rotatable bonds is 1. The zero-order chi connectivity index (χ0) is 10.5. The third-order valence-corrected chi connectivity index (χ3v) is 3.39. The molecule has 0 bridgehead atoms. The predicted molar refractivity (Wildman–Crippen MR) is 56.4 cm³/mol. The van der Waals surface area contributed by atoms with Crippen molar-refractivity contribution in [2.45, 2.75) is 38.2 Å². The first-order valence-corrected chi connectivity index (χ1v) is 5.42. The van der Waals surface area contributed by atoms with Crippen LogP contribution in [0.25, 0.3) is 0 Å². The van der Waals surface area contributed by atoms with E-state index in [2.05, 4.69) is 16.9 Å². The quantitative estimate of drug-likeness (QED) is 0.748. The van der Waals surface area contributed by atoms with Crippen LogP contribution in [0.2, 0.25) is 0 Å². The molecule has 1 aromatic heterocycles. The van der Waals surface area contributed by atoms with Gasteiger partial charge in [0.2, 0.25) is 0 Å². The number of hydrogen-bond donors (Lipinski definition) is 1. The van der Waals surface area contributed by atoms with Gasteiger partial charge in [-0.2, -0.15) is 0 Å². The lowest BCUT2D eigenvalue weighted by Crippen LogP contribution is -2.19. The lowest BCUT2D eigenvalue weighted by molar-refractivity contribution is 0.109. The molecule has 4 heteroatoms.